The van der Waals surface area contributed by atoms with Crippen molar-refractivity contribution in [3.8, 4) is 0 Å². The zero-order valence-corrected chi connectivity index (χ0v) is 8.81. The number of hydrogen-bond acceptors (Lipinski definition) is 4. The maximum Gasteiger partial charge on any atom is 0.330 e. The van der Waals surface area contributed by atoms with Crippen LogP contribution in [0.15, 0.2) is 37.0 Å². The second-order valence-corrected chi connectivity index (χ2v) is 4.01. The first-order valence-corrected chi connectivity index (χ1v) is 5.64. The van der Waals surface area contributed by atoms with Crippen molar-refractivity contribution in [3.63, 3.8) is 0 Å². The second-order valence-electron chi connectivity index (χ2n) is 2.43. The van der Waals surface area contributed by atoms with Crippen LogP contribution >= 0.6 is 0 Å². The molecule has 1 N–H and O–H groups in total. The zero-order chi connectivity index (χ0) is 11.7. The highest BCUT2D eigenvalue weighted by atomic mass is 32.2. The predicted octanol–water partition coefficient (Wildman–Crippen LogP) is 0.716. The molecule has 0 aromatic carbocycles. The maximum atomic E-state index is 10.8. The molecule has 0 spiro atoms. The fourth-order valence-corrected chi connectivity index (χ4v) is 0.866. The summed E-state index contributed by atoms with van der Waals surface area (Å²) in [6.07, 6.45) is 7.27. The van der Waals surface area contributed by atoms with E-state index < -0.39 is 21.8 Å². The Balaban J connectivity index is 3.81. The number of esters is 1. The van der Waals surface area contributed by atoms with E-state index in [9.17, 15) is 13.2 Å². The summed E-state index contributed by atoms with van der Waals surface area (Å²) in [6, 6.07) is 0. The lowest BCUT2D eigenvalue weighted by atomic mass is 10.4. The van der Waals surface area contributed by atoms with Crippen molar-refractivity contribution >= 4 is 16.1 Å². The Kier molecular flexibility index (Phi) is 6.32. The summed E-state index contributed by atoms with van der Waals surface area (Å²) in [5, 5.41) is 0. The highest BCUT2D eigenvalue weighted by molar-refractivity contribution is 7.85. The predicted molar refractivity (Wildman–Crippen MR) is 55.9 cm³/mol. The van der Waals surface area contributed by atoms with Crippen LogP contribution in [0.5, 0.6) is 0 Å². The van der Waals surface area contributed by atoms with E-state index in [-0.39, 0.29) is 6.61 Å². The van der Waals surface area contributed by atoms with Crippen LogP contribution in [-0.4, -0.2) is 31.3 Å². The summed E-state index contributed by atoms with van der Waals surface area (Å²) >= 11 is 0. The minimum atomic E-state index is -4.08. The Morgan fingerprint density at radius 2 is 2.00 bits per heavy atom. The van der Waals surface area contributed by atoms with Crippen molar-refractivity contribution < 1.29 is 22.5 Å². The van der Waals surface area contributed by atoms with Gasteiger partial charge < -0.3 is 4.74 Å². The van der Waals surface area contributed by atoms with E-state index in [2.05, 4.69) is 11.3 Å². The molecule has 6 heteroatoms. The lowest BCUT2D eigenvalue weighted by Gasteiger charge is -1.98. The van der Waals surface area contributed by atoms with Crippen LogP contribution < -0.4 is 0 Å². The van der Waals surface area contributed by atoms with Crippen molar-refractivity contribution in [3.05, 3.63) is 37.0 Å². The van der Waals surface area contributed by atoms with Crippen LogP contribution in [0, 0.1) is 0 Å². The van der Waals surface area contributed by atoms with Crippen molar-refractivity contribution in [2.24, 2.45) is 0 Å². The molecule has 0 saturated heterocycles. The molecule has 5 nitrogen and oxygen atoms in total. The molecule has 0 unspecified atom stereocenters. The molecule has 0 heterocycles. The molecule has 84 valence electrons. The molecule has 0 aliphatic carbocycles. The molecule has 0 amide bonds. The molecule has 0 aromatic heterocycles. The Morgan fingerprint density at radius 3 is 2.53 bits per heavy atom. The van der Waals surface area contributed by atoms with Gasteiger partial charge in [0, 0.05) is 6.08 Å². The molecule has 0 aromatic rings. The minimum absolute atomic E-state index is 0.368. The Hall–Kier alpha value is -1.40. The van der Waals surface area contributed by atoms with Crippen LogP contribution in [0.25, 0.3) is 0 Å². The standard InChI is InChI=1S/C9H12O5S/c1-2-3-4-5-6-9(10)14-7-8-15(11,12)13/h2-6H,1,7-8H2,(H,11,12,13)/b4-3+,6-5+. The summed E-state index contributed by atoms with van der Waals surface area (Å²) in [5.41, 5.74) is 0. The molecule has 0 fully saturated rings. The van der Waals surface area contributed by atoms with E-state index in [1.165, 1.54) is 12.2 Å². The van der Waals surface area contributed by atoms with Crippen molar-refractivity contribution in [1.29, 1.82) is 0 Å². The quantitative estimate of drug-likeness (QED) is 0.316. The first-order chi connectivity index (χ1) is 6.95. The van der Waals surface area contributed by atoms with E-state index in [0.717, 1.165) is 6.08 Å². The van der Waals surface area contributed by atoms with Gasteiger partial charge in [0.05, 0.1) is 0 Å². The van der Waals surface area contributed by atoms with Crippen molar-refractivity contribution in [1.82, 2.24) is 0 Å². The highest BCUT2D eigenvalue weighted by Gasteiger charge is 2.05. The van der Waals surface area contributed by atoms with Gasteiger partial charge in [-0.25, -0.2) is 4.79 Å². The van der Waals surface area contributed by atoms with E-state index >= 15 is 0 Å². The molecular formula is C9H12O5S. The van der Waals surface area contributed by atoms with Crippen LogP contribution in [0.3, 0.4) is 0 Å². The largest absolute Gasteiger partial charge is 0.461 e. The zero-order valence-electron chi connectivity index (χ0n) is 8.00. The van der Waals surface area contributed by atoms with Gasteiger partial charge in [-0.15, -0.1) is 0 Å². The van der Waals surface area contributed by atoms with Gasteiger partial charge in [-0.3, -0.25) is 4.55 Å². The molecule has 0 saturated carbocycles. The molecule has 0 radical (unpaired) electrons. The summed E-state index contributed by atoms with van der Waals surface area (Å²) in [4.78, 5) is 10.8. The van der Waals surface area contributed by atoms with E-state index in [4.69, 9.17) is 4.55 Å². The number of carbonyl (C=O) groups excluding carboxylic acids is 1. The smallest absolute Gasteiger partial charge is 0.330 e. The summed E-state index contributed by atoms with van der Waals surface area (Å²) in [5.74, 6) is -1.28. The molecule has 0 aliphatic heterocycles. The molecule has 15 heavy (non-hydrogen) atoms. The third kappa shape index (κ3) is 10.5. The molecule has 0 bridgehead atoms. The van der Waals surface area contributed by atoms with Crippen LogP contribution in [0.4, 0.5) is 0 Å². The SMILES string of the molecule is C=C/C=C/C=C/C(=O)OCCS(=O)(=O)O. The lowest BCUT2D eigenvalue weighted by Crippen LogP contribution is -2.13. The van der Waals surface area contributed by atoms with E-state index in [1.807, 2.05) is 0 Å². The number of carbonyl (C=O) groups is 1. The number of hydrogen-bond donors (Lipinski definition) is 1. The first-order valence-electron chi connectivity index (χ1n) is 4.03. The summed E-state index contributed by atoms with van der Waals surface area (Å²) in [7, 11) is -4.08. The number of ether oxygens (including phenoxy) is 1. The Morgan fingerprint density at radius 1 is 1.33 bits per heavy atom. The summed E-state index contributed by atoms with van der Waals surface area (Å²) in [6.45, 7) is 3.05. The fourth-order valence-electron chi connectivity index (χ4n) is 0.573. The van der Waals surface area contributed by atoms with Gasteiger partial charge in [-0.1, -0.05) is 30.9 Å². The molecular weight excluding hydrogens is 220 g/mol. The fraction of sp³-hybridized carbons (Fsp3) is 0.222. The van der Waals surface area contributed by atoms with Gasteiger partial charge in [0.2, 0.25) is 0 Å². The maximum absolute atomic E-state index is 10.8. The van der Waals surface area contributed by atoms with Crippen molar-refractivity contribution in [2.45, 2.75) is 0 Å². The highest BCUT2D eigenvalue weighted by Crippen LogP contribution is 1.87. The average Bonchev–Trinajstić information content (AvgIpc) is 2.10. The normalized spacial score (nSPS) is 12.1. The van der Waals surface area contributed by atoms with E-state index in [1.54, 1.807) is 12.2 Å². The molecule has 0 atom stereocenters. The number of rotatable bonds is 6. The van der Waals surface area contributed by atoms with Crippen LogP contribution in [-0.2, 0) is 19.6 Å². The first kappa shape index (κ1) is 13.6. The monoisotopic (exact) mass is 232 g/mol. The second kappa shape index (κ2) is 6.97. The van der Waals surface area contributed by atoms with Crippen LogP contribution in [0.2, 0.25) is 0 Å². The van der Waals surface area contributed by atoms with Crippen molar-refractivity contribution in [2.75, 3.05) is 12.4 Å². The van der Waals surface area contributed by atoms with E-state index in [0.29, 0.717) is 0 Å². The van der Waals surface area contributed by atoms with Gasteiger partial charge in [0.15, 0.2) is 0 Å². The summed E-state index contributed by atoms with van der Waals surface area (Å²) < 4.78 is 33.3. The average molecular weight is 232 g/mol. The third-order valence-corrected chi connectivity index (χ3v) is 1.86. The molecule has 0 rings (SSSR count). The van der Waals surface area contributed by atoms with Gasteiger partial charge >= 0.3 is 5.97 Å². The minimum Gasteiger partial charge on any atom is -0.461 e. The van der Waals surface area contributed by atoms with Gasteiger partial charge in [-0.2, -0.15) is 8.42 Å². The Labute approximate surface area is 88.5 Å². The van der Waals surface area contributed by atoms with Crippen LogP contribution in [0.1, 0.15) is 0 Å². The van der Waals surface area contributed by atoms with Gasteiger partial charge in [0.1, 0.15) is 12.4 Å². The molecule has 0 aliphatic rings. The number of allylic oxidation sites excluding steroid dienone is 4. The van der Waals surface area contributed by atoms with Gasteiger partial charge in [0.25, 0.3) is 10.1 Å². The van der Waals surface area contributed by atoms with Gasteiger partial charge in [-0.05, 0) is 0 Å². The lowest BCUT2D eigenvalue weighted by molar-refractivity contribution is -0.137. The topological polar surface area (TPSA) is 80.7 Å². The Bertz CT molecular complexity index is 364. The third-order valence-electron chi connectivity index (χ3n) is 1.18.